The molecule has 0 aromatic heterocycles. The summed E-state index contributed by atoms with van der Waals surface area (Å²) in [6.45, 7) is 3.33. The van der Waals surface area contributed by atoms with Gasteiger partial charge in [0.1, 0.15) is 5.75 Å². The Morgan fingerprint density at radius 2 is 2.13 bits per heavy atom. The molecule has 0 bridgehead atoms. The van der Waals surface area contributed by atoms with E-state index in [1.165, 1.54) is 19.3 Å². The van der Waals surface area contributed by atoms with Gasteiger partial charge in [-0.05, 0) is 37.4 Å². The molecule has 1 aromatic rings. The Hall–Kier alpha value is -1.02. The Kier molecular flexibility index (Phi) is 2.96. The second kappa shape index (κ2) is 4.23. The maximum Gasteiger partial charge on any atom is 0.118 e. The highest BCUT2D eigenvalue weighted by Gasteiger charge is 2.35. The fourth-order valence-corrected chi connectivity index (χ4v) is 2.43. The molecule has 0 saturated carbocycles. The highest BCUT2D eigenvalue weighted by molar-refractivity contribution is 5.33. The Labute approximate surface area is 91.3 Å². The van der Waals surface area contributed by atoms with Crippen molar-refractivity contribution < 1.29 is 5.11 Å². The normalized spacial score (nSPS) is 24.9. The van der Waals surface area contributed by atoms with E-state index in [0.29, 0.717) is 5.75 Å². The van der Waals surface area contributed by atoms with Crippen LogP contribution in [-0.2, 0) is 6.42 Å². The Morgan fingerprint density at radius 3 is 2.67 bits per heavy atom. The molecule has 1 aliphatic heterocycles. The fourth-order valence-electron chi connectivity index (χ4n) is 2.43. The monoisotopic (exact) mass is 205 g/mol. The average molecular weight is 205 g/mol. The van der Waals surface area contributed by atoms with E-state index < -0.39 is 0 Å². The van der Waals surface area contributed by atoms with Crippen LogP contribution in [0.2, 0.25) is 0 Å². The van der Waals surface area contributed by atoms with Gasteiger partial charge in [0.15, 0.2) is 0 Å². The second-order valence-corrected chi connectivity index (χ2v) is 4.51. The molecular formula is C13H19NO. The van der Waals surface area contributed by atoms with Gasteiger partial charge in [0.05, 0.1) is 0 Å². The van der Waals surface area contributed by atoms with E-state index in [0.717, 1.165) is 18.5 Å². The molecule has 1 unspecified atom stereocenters. The van der Waals surface area contributed by atoms with Crippen molar-refractivity contribution in [2.24, 2.45) is 0 Å². The predicted octanol–water partition coefficient (Wildman–Crippen LogP) is 2.47. The standard InChI is InChI=1S/C13H19NO/c1-2-7-13(8-9-14-13)10-11-5-3-4-6-12(11)15/h3-6,14-15H,2,7-10H2,1H3. The molecule has 0 radical (unpaired) electrons. The first-order chi connectivity index (χ1) is 7.26. The van der Waals surface area contributed by atoms with Crippen LogP contribution in [0.1, 0.15) is 31.7 Å². The van der Waals surface area contributed by atoms with Gasteiger partial charge in [-0.3, -0.25) is 0 Å². The van der Waals surface area contributed by atoms with Gasteiger partial charge in [-0.25, -0.2) is 0 Å². The van der Waals surface area contributed by atoms with Crippen molar-refractivity contribution in [3.8, 4) is 5.75 Å². The van der Waals surface area contributed by atoms with Crippen LogP contribution in [0.3, 0.4) is 0 Å². The van der Waals surface area contributed by atoms with Crippen LogP contribution >= 0.6 is 0 Å². The topological polar surface area (TPSA) is 32.3 Å². The maximum atomic E-state index is 9.73. The SMILES string of the molecule is CCCC1(Cc2ccccc2O)CCN1. The summed E-state index contributed by atoms with van der Waals surface area (Å²) in [7, 11) is 0. The highest BCUT2D eigenvalue weighted by Crippen LogP contribution is 2.31. The molecule has 82 valence electrons. The molecule has 1 fully saturated rings. The molecule has 0 aliphatic carbocycles. The molecule has 2 nitrogen and oxygen atoms in total. The molecule has 1 heterocycles. The number of hydrogen-bond acceptors (Lipinski definition) is 2. The summed E-state index contributed by atoms with van der Waals surface area (Å²) < 4.78 is 0. The molecule has 15 heavy (non-hydrogen) atoms. The molecule has 0 amide bonds. The Balaban J connectivity index is 2.10. The minimum atomic E-state index is 0.258. The van der Waals surface area contributed by atoms with Gasteiger partial charge in [0.25, 0.3) is 0 Å². The Morgan fingerprint density at radius 1 is 1.40 bits per heavy atom. The van der Waals surface area contributed by atoms with Crippen molar-refractivity contribution in [1.29, 1.82) is 0 Å². The molecule has 1 aliphatic rings. The third-order valence-corrected chi connectivity index (χ3v) is 3.35. The lowest BCUT2D eigenvalue weighted by Gasteiger charge is -2.44. The van der Waals surface area contributed by atoms with Gasteiger partial charge in [-0.15, -0.1) is 0 Å². The molecular weight excluding hydrogens is 186 g/mol. The zero-order valence-electron chi connectivity index (χ0n) is 9.29. The largest absolute Gasteiger partial charge is 0.508 e. The molecule has 2 heteroatoms. The maximum absolute atomic E-state index is 9.73. The summed E-state index contributed by atoms with van der Waals surface area (Å²) >= 11 is 0. The van der Waals surface area contributed by atoms with Crippen molar-refractivity contribution in [3.05, 3.63) is 29.8 Å². The van der Waals surface area contributed by atoms with Gasteiger partial charge >= 0.3 is 0 Å². The number of rotatable bonds is 4. The number of phenols is 1. The number of benzene rings is 1. The average Bonchev–Trinajstić information content (AvgIpc) is 2.18. The van der Waals surface area contributed by atoms with E-state index in [4.69, 9.17) is 0 Å². The van der Waals surface area contributed by atoms with Crippen molar-refractivity contribution in [2.75, 3.05) is 6.54 Å². The smallest absolute Gasteiger partial charge is 0.118 e. The van der Waals surface area contributed by atoms with E-state index in [-0.39, 0.29) is 5.54 Å². The quantitative estimate of drug-likeness (QED) is 0.791. The summed E-state index contributed by atoms with van der Waals surface area (Å²) in [6.07, 6.45) is 4.57. The van der Waals surface area contributed by atoms with E-state index >= 15 is 0 Å². The van der Waals surface area contributed by atoms with Crippen LogP contribution in [0.25, 0.3) is 0 Å². The van der Waals surface area contributed by atoms with Crippen molar-refractivity contribution >= 4 is 0 Å². The lowest BCUT2D eigenvalue weighted by molar-refractivity contribution is 0.187. The summed E-state index contributed by atoms with van der Waals surface area (Å²) in [4.78, 5) is 0. The van der Waals surface area contributed by atoms with Gasteiger partial charge in [0, 0.05) is 5.54 Å². The van der Waals surface area contributed by atoms with Gasteiger partial charge in [-0.1, -0.05) is 31.5 Å². The van der Waals surface area contributed by atoms with E-state index in [2.05, 4.69) is 12.2 Å². The first-order valence-electron chi connectivity index (χ1n) is 5.78. The number of hydrogen-bond donors (Lipinski definition) is 2. The lowest BCUT2D eigenvalue weighted by Crippen LogP contribution is -2.58. The summed E-state index contributed by atoms with van der Waals surface area (Å²) in [6, 6.07) is 7.66. The minimum Gasteiger partial charge on any atom is -0.508 e. The van der Waals surface area contributed by atoms with Gasteiger partial charge < -0.3 is 10.4 Å². The molecule has 1 saturated heterocycles. The summed E-state index contributed by atoms with van der Waals surface area (Å²) in [5, 5.41) is 13.3. The van der Waals surface area contributed by atoms with Crippen molar-refractivity contribution in [2.45, 2.75) is 38.1 Å². The van der Waals surface area contributed by atoms with E-state index in [9.17, 15) is 5.11 Å². The molecule has 2 rings (SSSR count). The van der Waals surface area contributed by atoms with Gasteiger partial charge in [-0.2, -0.15) is 0 Å². The number of para-hydroxylation sites is 1. The zero-order chi connectivity index (χ0) is 10.7. The third kappa shape index (κ3) is 2.15. The van der Waals surface area contributed by atoms with Crippen LogP contribution in [0.15, 0.2) is 24.3 Å². The summed E-state index contributed by atoms with van der Waals surface area (Å²) in [5.41, 5.74) is 1.33. The fraction of sp³-hybridized carbons (Fsp3) is 0.538. The van der Waals surface area contributed by atoms with Crippen molar-refractivity contribution in [1.82, 2.24) is 5.32 Å². The predicted molar refractivity (Wildman–Crippen MR) is 62.1 cm³/mol. The van der Waals surface area contributed by atoms with Crippen LogP contribution in [-0.4, -0.2) is 17.2 Å². The van der Waals surface area contributed by atoms with Crippen LogP contribution in [0.4, 0.5) is 0 Å². The number of phenolic OH excluding ortho intramolecular Hbond substituents is 1. The minimum absolute atomic E-state index is 0.258. The molecule has 1 aromatic carbocycles. The molecule has 1 atom stereocenters. The zero-order valence-corrected chi connectivity index (χ0v) is 9.29. The number of aromatic hydroxyl groups is 1. The first-order valence-corrected chi connectivity index (χ1v) is 5.78. The second-order valence-electron chi connectivity index (χ2n) is 4.51. The van der Waals surface area contributed by atoms with Crippen LogP contribution in [0, 0.1) is 0 Å². The molecule has 0 spiro atoms. The highest BCUT2D eigenvalue weighted by atomic mass is 16.3. The van der Waals surface area contributed by atoms with E-state index in [1.54, 1.807) is 6.07 Å². The number of nitrogens with one attached hydrogen (secondary N) is 1. The van der Waals surface area contributed by atoms with Crippen molar-refractivity contribution in [3.63, 3.8) is 0 Å². The van der Waals surface area contributed by atoms with E-state index in [1.807, 2.05) is 18.2 Å². The van der Waals surface area contributed by atoms with Crippen LogP contribution < -0.4 is 5.32 Å². The first kappa shape index (κ1) is 10.5. The Bertz CT molecular complexity index is 331. The third-order valence-electron chi connectivity index (χ3n) is 3.35. The lowest BCUT2D eigenvalue weighted by atomic mass is 9.78. The van der Waals surface area contributed by atoms with Gasteiger partial charge in [0.2, 0.25) is 0 Å². The summed E-state index contributed by atoms with van der Waals surface area (Å²) in [5.74, 6) is 0.432. The molecule has 2 N–H and O–H groups in total. The van der Waals surface area contributed by atoms with Crippen LogP contribution in [0.5, 0.6) is 5.75 Å².